The van der Waals surface area contributed by atoms with Crippen molar-refractivity contribution in [1.29, 1.82) is 0 Å². The molecule has 0 saturated carbocycles. The average molecular weight is 319 g/mol. The number of amides is 2. The molecule has 0 N–H and O–H groups in total. The number of thiazole rings is 1. The molecule has 8 nitrogen and oxygen atoms in total. The summed E-state index contributed by atoms with van der Waals surface area (Å²) in [6.45, 7) is 0.765. The first-order valence-electron chi connectivity index (χ1n) is 6.60. The molecule has 2 aromatic rings. The van der Waals surface area contributed by atoms with Crippen molar-refractivity contribution in [1.82, 2.24) is 19.7 Å². The van der Waals surface area contributed by atoms with E-state index in [0.717, 1.165) is 4.68 Å². The van der Waals surface area contributed by atoms with E-state index < -0.39 is 0 Å². The van der Waals surface area contributed by atoms with Gasteiger partial charge in [-0.15, -0.1) is 11.3 Å². The minimum Gasteiger partial charge on any atom is -0.326 e. The van der Waals surface area contributed by atoms with E-state index in [-0.39, 0.29) is 29.6 Å². The zero-order chi connectivity index (χ0) is 15.7. The Hall–Kier alpha value is -2.55. The van der Waals surface area contributed by atoms with E-state index in [9.17, 15) is 14.4 Å². The predicted molar refractivity (Wildman–Crippen MR) is 79.8 cm³/mol. The molecular formula is C13H13N5O3S. The number of nitrogens with zero attached hydrogens (tertiary/aromatic N) is 5. The van der Waals surface area contributed by atoms with Crippen molar-refractivity contribution < 1.29 is 9.59 Å². The van der Waals surface area contributed by atoms with E-state index in [4.69, 9.17) is 0 Å². The Morgan fingerprint density at radius 1 is 1.27 bits per heavy atom. The number of rotatable bonds is 2. The summed E-state index contributed by atoms with van der Waals surface area (Å²) >= 11 is 1.38. The molecule has 22 heavy (non-hydrogen) atoms. The van der Waals surface area contributed by atoms with E-state index in [1.54, 1.807) is 16.5 Å². The molecule has 1 aliphatic heterocycles. The maximum absolute atomic E-state index is 12.4. The summed E-state index contributed by atoms with van der Waals surface area (Å²) in [6.07, 6.45) is 1.64. The van der Waals surface area contributed by atoms with Crippen LogP contribution >= 0.6 is 11.3 Å². The molecule has 0 aromatic carbocycles. The largest absolute Gasteiger partial charge is 0.326 e. The van der Waals surface area contributed by atoms with Crippen LogP contribution in [0.5, 0.6) is 0 Å². The highest BCUT2D eigenvalue weighted by atomic mass is 32.1. The van der Waals surface area contributed by atoms with Gasteiger partial charge in [0.1, 0.15) is 12.2 Å². The standard InChI is InChI=1S/C13H13N5O3S/c1-16-10(19)3-2-9(15-16)12(21)17-5-6-18(11(20)8-17)13-14-4-7-22-13/h2-4,7H,5-6,8H2,1H3. The van der Waals surface area contributed by atoms with Gasteiger partial charge in [0.05, 0.1) is 0 Å². The van der Waals surface area contributed by atoms with E-state index in [1.807, 2.05) is 0 Å². The van der Waals surface area contributed by atoms with Crippen molar-refractivity contribution in [3.63, 3.8) is 0 Å². The van der Waals surface area contributed by atoms with Crippen LogP contribution in [0.25, 0.3) is 0 Å². The molecule has 1 aliphatic rings. The summed E-state index contributed by atoms with van der Waals surface area (Å²) in [5.41, 5.74) is -0.140. The van der Waals surface area contributed by atoms with Gasteiger partial charge in [0.2, 0.25) is 5.91 Å². The summed E-state index contributed by atoms with van der Waals surface area (Å²) < 4.78 is 1.10. The highest BCUT2D eigenvalue weighted by molar-refractivity contribution is 7.13. The first-order chi connectivity index (χ1) is 10.6. The van der Waals surface area contributed by atoms with Crippen LogP contribution in [-0.2, 0) is 11.8 Å². The van der Waals surface area contributed by atoms with Crippen LogP contribution in [-0.4, -0.2) is 51.1 Å². The molecule has 0 aliphatic carbocycles. The van der Waals surface area contributed by atoms with E-state index in [0.29, 0.717) is 18.2 Å². The third kappa shape index (κ3) is 2.62. The van der Waals surface area contributed by atoms with Crippen LogP contribution < -0.4 is 10.5 Å². The Balaban J connectivity index is 1.74. The van der Waals surface area contributed by atoms with Gasteiger partial charge in [-0.25, -0.2) is 9.67 Å². The quantitative estimate of drug-likeness (QED) is 0.760. The third-order valence-corrected chi connectivity index (χ3v) is 4.13. The predicted octanol–water partition coefficient (Wildman–Crippen LogP) is -0.274. The molecule has 0 bridgehead atoms. The Morgan fingerprint density at radius 2 is 2.09 bits per heavy atom. The molecule has 0 atom stereocenters. The zero-order valence-corrected chi connectivity index (χ0v) is 12.6. The summed E-state index contributed by atoms with van der Waals surface area (Å²) in [6, 6.07) is 2.66. The zero-order valence-electron chi connectivity index (χ0n) is 11.8. The van der Waals surface area contributed by atoms with Crippen molar-refractivity contribution in [2.24, 2.45) is 7.05 Å². The molecule has 1 saturated heterocycles. The van der Waals surface area contributed by atoms with Gasteiger partial charge in [-0.2, -0.15) is 5.10 Å². The number of carbonyl (C=O) groups excluding carboxylic acids is 2. The van der Waals surface area contributed by atoms with Gasteiger partial charge in [0.15, 0.2) is 5.13 Å². The van der Waals surface area contributed by atoms with Crippen LogP contribution in [0.3, 0.4) is 0 Å². The molecule has 0 unspecified atom stereocenters. The van der Waals surface area contributed by atoms with Gasteiger partial charge in [-0.1, -0.05) is 0 Å². The van der Waals surface area contributed by atoms with Gasteiger partial charge < -0.3 is 4.90 Å². The number of anilines is 1. The fraction of sp³-hybridized carbons (Fsp3) is 0.308. The highest BCUT2D eigenvalue weighted by Crippen LogP contribution is 2.20. The van der Waals surface area contributed by atoms with Crippen molar-refractivity contribution in [3.8, 4) is 0 Å². The highest BCUT2D eigenvalue weighted by Gasteiger charge is 2.30. The lowest BCUT2D eigenvalue weighted by molar-refractivity contribution is -0.120. The summed E-state index contributed by atoms with van der Waals surface area (Å²) in [4.78, 5) is 43.0. The topological polar surface area (TPSA) is 88.4 Å². The lowest BCUT2D eigenvalue weighted by Gasteiger charge is -2.32. The van der Waals surface area contributed by atoms with Crippen molar-refractivity contribution in [2.75, 3.05) is 24.5 Å². The number of piperazine rings is 1. The van der Waals surface area contributed by atoms with Gasteiger partial charge in [-0.05, 0) is 6.07 Å². The normalized spacial score (nSPS) is 15.2. The van der Waals surface area contributed by atoms with E-state index in [2.05, 4.69) is 10.1 Å². The molecular weight excluding hydrogens is 306 g/mol. The summed E-state index contributed by atoms with van der Waals surface area (Å²) in [5.74, 6) is -0.540. The van der Waals surface area contributed by atoms with Crippen molar-refractivity contribution in [3.05, 3.63) is 39.8 Å². The number of aromatic nitrogens is 3. The summed E-state index contributed by atoms with van der Waals surface area (Å²) in [5, 5.41) is 6.36. The van der Waals surface area contributed by atoms with Crippen LogP contribution in [0, 0.1) is 0 Å². The van der Waals surface area contributed by atoms with Gasteiger partial charge >= 0.3 is 0 Å². The van der Waals surface area contributed by atoms with Crippen LogP contribution in [0.2, 0.25) is 0 Å². The average Bonchev–Trinajstić information content (AvgIpc) is 3.03. The maximum atomic E-state index is 12.4. The van der Waals surface area contributed by atoms with Crippen molar-refractivity contribution >= 4 is 28.3 Å². The van der Waals surface area contributed by atoms with Crippen molar-refractivity contribution in [2.45, 2.75) is 0 Å². The molecule has 0 spiro atoms. The maximum Gasteiger partial charge on any atom is 0.274 e. The fourth-order valence-corrected chi connectivity index (χ4v) is 2.86. The second-order valence-corrected chi connectivity index (χ2v) is 5.64. The first-order valence-corrected chi connectivity index (χ1v) is 7.48. The summed E-state index contributed by atoms with van der Waals surface area (Å²) in [7, 11) is 1.48. The Kier molecular flexibility index (Phi) is 3.72. The minimum atomic E-state index is -0.359. The molecule has 2 aromatic heterocycles. The van der Waals surface area contributed by atoms with E-state index in [1.165, 1.54) is 35.4 Å². The molecule has 0 radical (unpaired) electrons. The number of aryl methyl sites for hydroxylation is 1. The molecule has 114 valence electrons. The SMILES string of the molecule is Cn1nc(C(=O)N2CCN(c3nccs3)C(=O)C2)ccc1=O. The fourth-order valence-electron chi connectivity index (χ4n) is 2.18. The number of hydrogen-bond donors (Lipinski definition) is 0. The van der Waals surface area contributed by atoms with Crippen LogP contribution in [0.4, 0.5) is 5.13 Å². The lowest BCUT2D eigenvalue weighted by Crippen LogP contribution is -2.52. The molecule has 1 fully saturated rings. The minimum absolute atomic E-state index is 0.0249. The van der Waals surface area contributed by atoms with E-state index >= 15 is 0 Å². The molecule has 3 heterocycles. The monoisotopic (exact) mass is 319 g/mol. The third-order valence-electron chi connectivity index (χ3n) is 3.34. The smallest absolute Gasteiger partial charge is 0.274 e. The molecule has 2 amide bonds. The second-order valence-electron chi connectivity index (χ2n) is 4.77. The second kappa shape index (κ2) is 5.68. The van der Waals surface area contributed by atoms with Crippen LogP contribution in [0.15, 0.2) is 28.5 Å². The van der Waals surface area contributed by atoms with Gasteiger partial charge in [0, 0.05) is 37.8 Å². The Labute approximate surface area is 129 Å². The lowest BCUT2D eigenvalue weighted by atomic mass is 10.2. The Morgan fingerprint density at radius 3 is 2.73 bits per heavy atom. The van der Waals surface area contributed by atoms with Gasteiger partial charge in [-0.3, -0.25) is 19.3 Å². The Bertz CT molecular complexity index is 770. The number of hydrogen-bond acceptors (Lipinski definition) is 6. The van der Waals surface area contributed by atoms with Gasteiger partial charge in [0.25, 0.3) is 11.5 Å². The number of carbonyl (C=O) groups is 2. The molecule has 9 heteroatoms. The molecule has 3 rings (SSSR count). The van der Waals surface area contributed by atoms with Crippen LogP contribution in [0.1, 0.15) is 10.5 Å². The first kappa shape index (κ1) is 14.4.